The molecule has 1 aliphatic rings. The van der Waals surface area contributed by atoms with E-state index in [-0.39, 0.29) is 11.6 Å². The van der Waals surface area contributed by atoms with Crippen LogP contribution in [0.2, 0.25) is 0 Å². The van der Waals surface area contributed by atoms with E-state index in [1.807, 2.05) is 13.0 Å². The molecule has 0 saturated heterocycles. The van der Waals surface area contributed by atoms with E-state index < -0.39 is 0 Å². The molecule has 0 radical (unpaired) electrons. The molecule has 126 valence electrons. The average Bonchev–Trinajstić information content (AvgIpc) is 3.27. The molecule has 1 aliphatic carbocycles. The zero-order chi connectivity index (χ0) is 16.7. The first-order chi connectivity index (χ1) is 11.6. The maximum absolute atomic E-state index is 12.4. The summed E-state index contributed by atoms with van der Waals surface area (Å²) in [6.07, 6.45) is 7.73. The van der Waals surface area contributed by atoms with Gasteiger partial charge >= 0.3 is 0 Å². The summed E-state index contributed by atoms with van der Waals surface area (Å²) in [6, 6.07) is 1.75. The Morgan fingerprint density at radius 1 is 1.42 bits per heavy atom. The Bertz CT molecular complexity index is 919. The molecular weight excluding hydrogens is 322 g/mol. The lowest BCUT2D eigenvalue weighted by molar-refractivity contribution is 0.440. The molecule has 1 atom stereocenters. The minimum Gasteiger partial charge on any atom is -0.321 e. The number of nitrogens with two attached hydrogens (primary N) is 1. The van der Waals surface area contributed by atoms with Gasteiger partial charge in [0.1, 0.15) is 10.5 Å². The predicted molar refractivity (Wildman–Crippen MR) is 96.1 cm³/mol. The highest BCUT2D eigenvalue weighted by Crippen LogP contribution is 2.34. The van der Waals surface area contributed by atoms with E-state index >= 15 is 0 Å². The summed E-state index contributed by atoms with van der Waals surface area (Å²) in [5.74, 6) is 1.26. The monoisotopic (exact) mass is 343 g/mol. The minimum absolute atomic E-state index is 0.103. The molecule has 3 heterocycles. The van der Waals surface area contributed by atoms with Crippen molar-refractivity contribution in [1.29, 1.82) is 0 Å². The van der Waals surface area contributed by atoms with Crippen LogP contribution in [0.3, 0.4) is 0 Å². The van der Waals surface area contributed by atoms with E-state index in [1.54, 1.807) is 6.20 Å². The fraction of sp³-hybridized carbons (Fsp3) is 0.471. The summed E-state index contributed by atoms with van der Waals surface area (Å²) in [6.45, 7) is 1.97. The second-order valence-corrected chi connectivity index (χ2v) is 7.73. The quantitative estimate of drug-likeness (QED) is 0.677. The molecule has 7 heteroatoms. The van der Waals surface area contributed by atoms with Crippen LogP contribution in [0.1, 0.15) is 49.7 Å². The maximum atomic E-state index is 12.4. The molecule has 6 nitrogen and oxygen atoms in total. The van der Waals surface area contributed by atoms with Crippen molar-refractivity contribution in [3.63, 3.8) is 0 Å². The SMILES string of the molecule is Cc1[nH]ncc1-c1cc2nc(C(N)CC3CCCC3)[nH]c(=O)c2s1. The molecule has 24 heavy (non-hydrogen) atoms. The first-order valence-electron chi connectivity index (χ1n) is 8.41. The number of H-pyrrole nitrogens is 2. The Kier molecular flexibility index (Phi) is 3.97. The van der Waals surface area contributed by atoms with Gasteiger partial charge in [-0.05, 0) is 25.3 Å². The van der Waals surface area contributed by atoms with Gasteiger partial charge in [-0.25, -0.2) is 4.98 Å². The highest BCUT2D eigenvalue weighted by atomic mass is 32.1. The molecule has 3 aromatic rings. The number of nitrogens with zero attached hydrogens (tertiary/aromatic N) is 2. The van der Waals surface area contributed by atoms with Crippen LogP contribution in [0.25, 0.3) is 20.7 Å². The van der Waals surface area contributed by atoms with Gasteiger partial charge in [0.15, 0.2) is 0 Å². The second-order valence-electron chi connectivity index (χ2n) is 6.68. The van der Waals surface area contributed by atoms with Gasteiger partial charge in [-0.3, -0.25) is 9.89 Å². The summed E-state index contributed by atoms with van der Waals surface area (Å²) in [5, 5.41) is 6.98. The summed E-state index contributed by atoms with van der Waals surface area (Å²) >= 11 is 1.44. The molecule has 1 unspecified atom stereocenters. The molecular formula is C17H21N5OS. The van der Waals surface area contributed by atoms with E-state index in [2.05, 4.69) is 20.2 Å². The van der Waals surface area contributed by atoms with E-state index in [1.165, 1.54) is 37.0 Å². The highest BCUT2D eigenvalue weighted by Gasteiger charge is 2.21. The van der Waals surface area contributed by atoms with Crippen molar-refractivity contribution in [3.05, 3.63) is 34.1 Å². The molecule has 1 saturated carbocycles. The largest absolute Gasteiger partial charge is 0.321 e. The summed E-state index contributed by atoms with van der Waals surface area (Å²) in [5.41, 5.74) is 8.92. The van der Waals surface area contributed by atoms with Crippen molar-refractivity contribution in [3.8, 4) is 10.4 Å². The van der Waals surface area contributed by atoms with Crippen molar-refractivity contribution in [2.24, 2.45) is 11.7 Å². The van der Waals surface area contributed by atoms with Crippen LogP contribution in [0.4, 0.5) is 0 Å². The molecule has 3 aromatic heterocycles. The first kappa shape index (κ1) is 15.5. The van der Waals surface area contributed by atoms with Crippen LogP contribution in [-0.4, -0.2) is 20.2 Å². The van der Waals surface area contributed by atoms with Gasteiger partial charge in [-0.15, -0.1) is 11.3 Å². The summed E-state index contributed by atoms with van der Waals surface area (Å²) < 4.78 is 0.641. The number of rotatable bonds is 4. The van der Waals surface area contributed by atoms with Crippen molar-refractivity contribution < 1.29 is 0 Å². The molecule has 4 rings (SSSR count). The van der Waals surface area contributed by atoms with Crippen LogP contribution in [0, 0.1) is 12.8 Å². The number of hydrogen-bond acceptors (Lipinski definition) is 5. The molecule has 0 amide bonds. The highest BCUT2D eigenvalue weighted by molar-refractivity contribution is 7.22. The average molecular weight is 343 g/mol. The molecule has 0 spiro atoms. The van der Waals surface area contributed by atoms with Crippen LogP contribution in [0.15, 0.2) is 17.1 Å². The predicted octanol–water partition coefficient (Wildman–Crippen LogP) is 3.26. The number of aryl methyl sites for hydroxylation is 1. The molecule has 0 aliphatic heterocycles. The van der Waals surface area contributed by atoms with Gasteiger partial charge in [0.25, 0.3) is 5.56 Å². The Morgan fingerprint density at radius 3 is 2.92 bits per heavy atom. The Labute approximate surface area is 143 Å². The van der Waals surface area contributed by atoms with Gasteiger partial charge in [-0.2, -0.15) is 5.10 Å². The maximum Gasteiger partial charge on any atom is 0.268 e. The summed E-state index contributed by atoms with van der Waals surface area (Å²) in [4.78, 5) is 21.0. The fourth-order valence-electron chi connectivity index (χ4n) is 3.58. The second kappa shape index (κ2) is 6.14. The zero-order valence-electron chi connectivity index (χ0n) is 13.6. The first-order valence-corrected chi connectivity index (χ1v) is 9.23. The third kappa shape index (κ3) is 2.78. The Hall–Kier alpha value is -1.99. The molecule has 4 N–H and O–H groups in total. The van der Waals surface area contributed by atoms with E-state index in [9.17, 15) is 4.79 Å². The van der Waals surface area contributed by atoms with Crippen LogP contribution >= 0.6 is 11.3 Å². The van der Waals surface area contributed by atoms with Crippen LogP contribution in [-0.2, 0) is 0 Å². The number of hydrogen-bond donors (Lipinski definition) is 3. The van der Waals surface area contributed by atoms with Crippen molar-refractivity contribution >= 4 is 21.6 Å². The number of aromatic amines is 2. The zero-order valence-corrected chi connectivity index (χ0v) is 14.4. The van der Waals surface area contributed by atoms with E-state index in [0.29, 0.717) is 16.4 Å². The van der Waals surface area contributed by atoms with E-state index in [4.69, 9.17) is 5.73 Å². The topological polar surface area (TPSA) is 100 Å². The standard InChI is InChI=1S/C17H21N5OS/c1-9-11(8-19-22-9)14-7-13-15(24-14)17(23)21-16(20-13)12(18)6-10-4-2-3-5-10/h7-8,10,12H,2-6,18H2,1H3,(H,19,22)(H,20,21,23). The molecule has 0 aromatic carbocycles. The van der Waals surface area contributed by atoms with Crippen molar-refractivity contribution in [2.45, 2.75) is 45.1 Å². The van der Waals surface area contributed by atoms with Crippen LogP contribution < -0.4 is 11.3 Å². The number of aromatic nitrogens is 4. The number of nitrogens with one attached hydrogen (secondary N) is 2. The normalized spacial score (nSPS) is 16.9. The van der Waals surface area contributed by atoms with Crippen molar-refractivity contribution in [2.75, 3.05) is 0 Å². The van der Waals surface area contributed by atoms with Crippen molar-refractivity contribution in [1.82, 2.24) is 20.2 Å². The summed E-state index contributed by atoms with van der Waals surface area (Å²) in [7, 11) is 0. The number of fused-ring (bicyclic) bond motifs is 1. The van der Waals surface area contributed by atoms with Gasteiger partial charge < -0.3 is 10.7 Å². The third-order valence-corrected chi connectivity index (χ3v) is 6.07. The van der Waals surface area contributed by atoms with Gasteiger partial charge in [0, 0.05) is 16.1 Å². The fourth-order valence-corrected chi connectivity index (χ4v) is 4.64. The van der Waals surface area contributed by atoms with Gasteiger partial charge in [0.05, 0.1) is 17.8 Å². The lowest BCUT2D eigenvalue weighted by atomic mass is 9.98. The van der Waals surface area contributed by atoms with Crippen LogP contribution in [0.5, 0.6) is 0 Å². The lowest BCUT2D eigenvalue weighted by Gasteiger charge is -2.15. The molecule has 1 fully saturated rings. The Balaban J connectivity index is 1.68. The lowest BCUT2D eigenvalue weighted by Crippen LogP contribution is -2.21. The van der Waals surface area contributed by atoms with Gasteiger partial charge in [-0.1, -0.05) is 25.7 Å². The third-order valence-electron chi connectivity index (χ3n) is 4.91. The van der Waals surface area contributed by atoms with Gasteiger partial charge in [0.2, 0.25) is 0 Å². The smallest absolute Gasteiger partial charge is 0.268 e. The van der Waals surface area contributed by atoms with E-state index in [0.717, 1.165) is 28.1 Å². The Morgan fingerprint density at radius 2 is 2.21 bits per heavy atom. The minimum atomic E-state index is -0.204. The molecule has 0 bridgehead atoms. The number of thiophene rings is 1.